The quantitative estimate of drug-likeness (QED) is 0.576. The summed E-state index contributed by atoms with van der Waals surface area (Å²) in [6, 6.07) is 13.8. The van der Waals surface area contributed by atoms with E-state index < -0.39 is 0 Å². The molecule has 0 bridgehead atoms. The molecule has 8 heteroatoms. The zero-order valence-corrected chi connectivity index (χ0v) is 14.6. The Morgan fingerprint density at radius 2 is 1.89 bits per heavy atom. The zero-order valence-electron chi connectivity index (χ0n) is 14.6. The Kier molecular flexibility index (Phi) is 3.95. The van der Waals surface area contributed by atoms with Crippen LogP contribution in [0.25, 0.3) is 22.4 Å². The highest BCUT2D eigenvalue weighted by atomic mass is 16.5. The smallest absolute Gasteiger partial charge is 0.231 e. The normalized spacial score (nSPS) is 14.6. The lowest BCUT2D eigenvalue weighted by Gasteiger charge is -2.27. The molecule has 4 aromatic rings. The molecule has 0 spiro atoms. The van der Waals surface area contributed by atoms with Crippen molar-refractivity contribution in [2.45, 2.75) is 0 Å². The highest BCUT2D eigenvalue weighted by Crippen LogP contribution is 2.28. The monoisotopic (exact) mass is 362 g/mol. The van der Waals surface area contributed by atoms with Crippen molar-refractivity contribution in [3.05, 3.63) is 48.7 Å². The van der Waals surface area contributed by atoms with E-state index in [1.807, 2.05) is 42.5 Å². The van der Waals surface area contributed by atoms with Crippen molar-refractivity contribution in [2.24, 2.45) is 0 Å². The van der Waals surface area contributed by atoms with Gasteiger partial charge in [0, 0.05) is 25.2 Å². The predicted octanol–water partition coefficient (Wildman–Crippen LogP) is 3.19. The third-order valence-electron chi connectivity index (χ3n) is 4.50. The number of nitrogens with zero attached hydrogens (tertiary/aromatic N) is 4. The van der Waals surface area contributed by atoms with Crippen LogP contribution in [0.2, 0.25) is 0 Å². The average Bonchev–Trinajstić information content (AvgIpc) is 3.38. The number of fused-ring (bicyclic) bond motifs is 1. The molecule has 0 radical (unpaired) electrons. The van der Waals surface area contributed by atoms with Gasteiger partial charge >= 0.3 is 0 Å². The predicted molar refractivity (Wildman–Crippen MR) is 102 cm³/mol. The number of H-pyrrole nitrogens is 1. The summed E-state index contributed by atoms with van der Waals surface area (Å²) in [4.78, 5) is 11.4. The Morgan fingerprint density at radius 1 is 1.04 bits per heavy atom. The summed E-state index contributed by atoms with van der Waals surface area (Å²) in [6.07, 6.45) is 1.63. The molecule has 0 amide bonds. The van der Waals surface area contributed by atoms with Gasteiger partial charge in [-0.25, -0.2) is 4.98 Å². The van der Waals surface area contributed by atoms with Gasteiger partial charge in [-0.2, -0.15) is 10.1 Å². The maximum absolute atomic E-state index is 5.61. The van der Waals surface area contributed by atoms with E-state index in [-0.39, 0.29) is 0 Å². The van der Waals surface area contributed by atoms with Crippen LogP contribution >= 0.6 is 0 Å². The molecule has 3 aromatic heterocycles. The minimum atomic E-state index is 0.483. The third kappa shape index (κ3) is 3.11. The van der Waals surface area contributed by atoms with E-state index in [0.29, 0.717) is 30.6 Å². The molecule has 0 saturated carbocycles. The Balaban J connectivity index is 1.46. The zero-order chi connectivity index (χ0) is 18.1. The molecule has 136 valence electrons. The van der Waals surface area contributed by atoms with Crippen molar-refractivity contribution >= 4 is 28.7 Å². The number of benzene rings is 1. The van der Waals surface area contributed by atoms with Crippen LogP contribution in [0, 0.1) is 0 Å². The first-order valence-corrected chi connectivity index (χ1v) is 8.82. The second kappa shape index (κ2) is 6.73. The second-order valence-electron chi connectivity index (χ2n) is 6.26. The summed E-state index contributed by atoms with van der Waals surface area (Å²) < 4.78 is 11.1. The van der Waals surface area contributed by atoms with E-state index in [2.05, 4.69) is 30.4 Å². The van der Waals surface area contributed by atoms with E-state index in [1.165, 1.54) is 0 Å². The summed E-state index contributed by atoms with van der Waals surface area (Å²) in [7, 11) is 0. The Hall–Kier alpha value is -3.39. The number of nitrogens with one attached hydrogen (secondary N) is 2. The Bertz CT molecular complexity index is 1050. The number of aromatic amines is 1. The van der Waals surface area contributed by atoms with E-state index in [4.69, 9.17) is 9.15 Å². The maximum atomic E-state index is 5.61. The number of hydrogen-bond acceptors (Lipinski definition) is 7. The number of rotatable bonds is 4. The second-order valence-corrected chi connectivity index (χ2v) is 6.26. The van der Waals surface area contributed by atoms with Crippen molar-refractivity contribution in [2.75, 3.05) is 36.5 Å². The van der Waals surface area contributed by atoms with Crippen molar-refractivity contribution < 1.29 is 9.15 Å². The van der Waals surface area contributed by atoms with Gasteiger partial charge in [0.15, 0.2) is 17.2 Å². The number of anilines is 3. The van der Waals surface area contributed by atoms with Gasteiger partial charge in [0.25, 0.3) is 0 Å². The molecule has 4 heterocycles. The van der Waals surface area contributed by atoms with Gasteiger partial charge in [-0.05, 0) is 5.56 Å². The van der Waals surface area contributed by atoms with Gasteiger partial charge in [-0.1, -0.05) is 30.3 Å². The highest BCUT2D eigenvalue weighted by molar-refractivity contribution is 5.85. The lowest BCUT2D eigenvalue weighted by molar-refractivity contribution is 0.122. The summed E-state index contributed by atoms with van der Waals surface area (Å²) in [5.41, 5.74) is 3.44. The molecular formula is C19H18N6O2. The summed E-state index contributed by atoms with van der Waals surface area (Å²) >= 11 is 0. The number of furan rings is 1. The molecule has 8 nitrogen and oxygen atoms in total. The van der Waals surface area contributed by atoms with Crippen molar-refractivity contribution in [3.8, 4) is 11.3 Å². The Labute approximate surface area is 155 Å². The minimum Gasteiger partial charge on any atom is -0.459 e. The van der Waals surface area contributed by atoms with E-state index in [9.17, 15) is 0 Å². The Morgan fingerprint density at radius 3 is 2.74 bits per heavy atom. The maximum Gasteiger partial charge on any atom is 0.231 e. The third-order valence-corrected chi connectivity index (χ3v) is 4.50. The molecule has 1 saturated heterocycles. The first-order chi connectivity index (χ1) is 13.4. The summed E-state index contributed by atoms with van der Waals surface area (Å²) in [5.74, 6) is 1.91. The first-order valence-electron chi connectivity index (χ1n) is 8.82. The molecule has 1 aliphatic heterocycles. The van der Waals surface area contributed by atoms with Gasteiger partial charge < -0.3 is 19.4 Å². The lowest BCUT2D eigenvalue weighted by atomic mass is 10.2. The van der Waals surface area contributed by atoms with Gasteiger partial charge in [0.05, 0.1) is 25.2 Å². The number of ether oxygens (including phenoxy) is 1. The topological polar surface area (TPSA) is 92.1 Å². The van der Waals surface area contributed by atoms with Crippen LogP contribution < -0.4 is 10.2 Å². The molecule has 2 N–H and O–H groups in total. The highest BCUT2D eigenvalue weighted by Gasteiger charge is 2.19. The van der Waals surface area contributed by atoms with Gasteiger partial charge in [-0.3, -0.25) is 5.10 Å². The molecule has 27 heavy (non-hydrogen) atoms. The fourth-order valence-corrected chi connectivity index (χ4v) is 3.16. The van der Waals surface area contributed by atoms with Gasteiger partial charge in [-0.15, -0.1) is 0 Å². The van der Waals surface area contributed by atoms with Crippen molar-refractivity contribution in [1.29, 1.82) is 0 Å². The fourth-order valence-electron chi connectivity index (χ4n) is 3.16. The lowest BCUT2D eigenvalue weighted by Crippen LogP contribution is -2.37. The summed E-state index contributed by atoms with van der Waals surface area (Å²) in [5, 5.41) is 10.6. The summed E-state index contributed by atoms with van der Waals surface area (Å²) in [6.45, 7) is 2.89. The number of hydrogen-bond donors (Lipinski definition) is 2. The van der Waals surface area contributed by atoms with Crippen LogP contribution in [0.3, 0.4) is 0 Å². The van der Waals surface area contributed by atoms with Crippen LogP contribution in [0.15, 0.2) is 53.1 Å². The van der Waals surface area contributed by atoms with Crippen LogP contribution in [-0.2, 0) is 4.74 Å². The first kappa shape index (κ1) is 15.8. The van der Waals surface area contributed by atoms with Gasteiger partial charge in [0.1, 0.15) is 5.52 Å². The molecule has 0 aliphatic carbocycles. The van der Waals surface area contributed by atoms with Crippen LogP contribution in [0.1, 0.15) is 0 Å². The van der Waals surface area contributed by atoms with E-state index in [0.717, 1.165) is 35.7 Å². The molecule has 5 rings (SSSR count). The van der Waals surface area contributed by atoms with E-state index >= 15 is 0 Å². The molecule has 0 unspecified atom stereocenters. The van der Waals surface area contributed by atoms with Crippen LogP contribution in [0.5, 0.6) is 0 Å². The van der Waals surface area contributed by atoms with Crippen LogP contribution in [0.4, 0.5) is 17.6 Å². The largest absolute Gasteiger partial charge is 0.459 e. The standard InChI is InChI=1S/C19H18N6O2/c1-2-4-13(5-3-1)15-12-16(24-23-15)21-19-20-14-6-9-27-17(14)18(22-19)25-7-10-26-11-8-25/h1-6,9,12H,7-8,10-11H2,(H2,20,21,22,23,24). The SMILES string of the molecule is c1ccc(-c2cc(Nc3nc(N4CCOCC4)c4occc4n3)n[nH]2)cc1. The van der Waals surface area contributed by atoms with Crippen LogP contribution in [-0.4, -0.2) is 46.5 Å². The number of morpholine rings is 1. The molecule has 1 aromatic carbocycles. The van der Waals surface area contributed by atoms with Crippen molar-refractivity contribution in [1.82, 2.24) is 20.2 Å². The average molecular weight is 362 g/mol. The van der Waals surface area contributed by atoms with Gasteiger partial charge in [0.2, 0.25) is 5.95 Å². The number of aromatic nitrogens is 4. The molecule has 1 fully saturated rings. The van der Waals surface area contributed by atoms with Crippen molar-refractivity contribution in [3.63, 3.8) is 0 Å². The molecule has 0 atom stereocenters. The fraction of sp³-hybridized carbons (Fsp3) is 0.211. The molecule has 1 aliphatic rings. The molecular weight excluding hydrogens is 344 g/mol. The minimum absolute atomic E-state index is 0.483. The van der Waals surface area contributed by atoms with E-state index in [1.54, 1.807) is 6.26 Å².